The minimum atomic E-state index is 0.201. The molecule has 1 aromatic heterocycles. The first-order chi connectivity index (χ1) is 8.99. The van der Waals surface area contributed by atoms with E-state index in [0.717, 1.165) is 17.1 Å². The lowest BCUT2D eigenvalue weighted by Crippen LogP contribution is -2.18. The van der Waals surface area contributed by atoms with Crippen LogP contribution in [0.4, 0.5) is 0 Å². The highest BCUT2D eigenvalue weighted by Crippen LogP contribution is 2.26. The summed E-state index contributed by atoms with van der Waals surface area (Å²) < 4.78 is 5.54. The molecule has 0 bridgehead atoms. The first kappa shape index (κ1) is 14.4. The third-order valence-electron chi connectivity index (χ3n) is 3.18. The summed E-state index contributed by atoms with van der Waals surface area (Å²) in [6.45, 7) is 6.71. The SMILES string of the molecule is Cc1cc(C(C)NCc2cccc(Cl)c2Cl)c(C)o1. The molecule has 0 radical (unpaired) electrons. The first-order valence-corrected chi connectivity index (χ1v) is 6.98. The summed E-state index contributed by atoms with van der Waals surface area (Å²) in [6.07, 6.45) is 0. The summed E-state index contributed by atoms with van der Waals surface area (Å²) in [4.78, 5) is 0. The van der Waals surface area contributed by atoms with Gasteiger partial charge in [-0.2, -0.15) is 0 Å². The van der Waals surface area contributed by atoms with Crippen molar-refractivity contribution in [3.05, 3.63) is 57.0 Å². The summed E-state index contributed by atoms with van der Waals surface area (Å²) in [5, 5.41) is 4.64. The Hall–Kier alpha value is -0.960. The van der Waals surface area contributed by atoms with Gasteiger partial charge in [0.2, 0.25) is 0 Å². The smallest absolute Gasteiger partial charge is 0.105 e. The average Bonchev–Trinajstić information content (AvgIpc) is 2.70. The Morgan fingerprint density at radius 3 is 2.63 bits per heavy atom. The zero-order chi connectivity index (χ0) is 14.0. The highest BCUT2D eigenvalue weighted by atomic mass is 35.5. The zero-order valence-electron chi connectivity index (χ0n) is 11.3. The molecule has 19 heavy (non-hydrogen) atoms. The first-order valence-electron chi connectivity index (χ1n) is 6.22. The fourth-order valence-electron chi connectivity index (χ4n) is 2.14. The Balaban J connectivity index is 2.06. The van der Waals surface area contributed by atoms with Gasteiger partial charge in [-0.1, -0.05) is 35.3 Å². The van der Waals surface area contributed by atoms with Gasteiger partial charge in [-0.25, -0.2) is 0 Å². The Morgan fingerprint density at radius 2 is 2.00 bits per heavy atom. The number of hydrogen-bond acceptors (Lipinski definition) is 2. The lowest BCUT2D eigenvalue weighted by molar-refractivity contribution is 0.489. The summed E-state index contributed by atoms with van der Waals surface area (Å²) in [7, 11) is 0. The number of benzene rings is 1. The molecule has 0 aliphatic carbocycles. The van der Waals surface area contributed by atoms with Crippen molar-refractivity contribution < 1.29 is 4.42 Å². The number of nitrogens with one attached hydrogen (secondary N) is 1. The predicted molar refractivity (Wildman–Crippen MR) is 79.9 cm³/mol. The normalized spacial score (nSPS) is 12.7. The molecule has 0 spiro atoms. The predicted octanol–water partition coefficient (Wildman–Crippen LogP) is 5.05. The molecule has 0 saturated carbocycles. The fraction of sp³-hybridized carbons (Fsp3) is 0.333. The van der Waals surface area contributed by atoms with Crippen LogP contribution in [0, 0.1) is 13.8 Å². The third-order valence-corrected chi connectivity index (χ3v) is 4.03. The molecule has 2 nitrogen and oxygen atoms in total. The van der Waals surface area contributed by atoms with Crippen LogP contribution in [-0.4, -0.2) is 0 Å². The number of aryl methyl sites for hydroxylation is 2. The molecule has 1 heterocycles. The number of hydrogen-bond donors (Lipinski definition) is 1. The molecular weight excluding hydrogens is 281 g/mol. The monoisotopic (exact) mass is 297 g/mol. The highest BCUT2D eigenvalue weighted by molar-refractivity contribution is 6.42. The molecule has 1 atom stereocenters. The van der Waals surface area contributed by atoms with Gasteiger partial charge in [0.1, 0.15) is 11.5 Å². The highest BCUT2D eigenvalue weighted by Gasteiger charge is 2.13. The molecule has 102 valence electrons. The van der Waals surface area contributed by atoms with Gasteiger partial charge < -0.3 is 9.73 Å². The van der Waals surface area contributed by atoms with Crippen molar-refractivity contribution in [3.8, 4) is 0 Å². The van der Waals surface area contributed by atoms with Crippen LogP contribution in [0.1, 0.15) is 35.6 Å². The van der Waals surface area contributed by atoms with E-state index in [1.54, 1.807) is 6.07 Å². The molecule has 1 unspecified atom stereocenters. The van der Waals surface area contributed by atoms with Gasteiger partial charge in [0.05, 0.1) is 10.0 Å². The van der Waals surface area contributed by atoms with E-state index in [4.69, 9.17) is 27.6 Å². The van der Waals surface area contributed by atoms with E-state index in [1.165, 1.54) is 5.56 Å². The molecule has 2 aromatic rings. The molecule has 2 rings (SSSR count). The second-order valence-corrected chi connectivity index (χ2v) is 5.47. The Labute approximate surface area is 123 Å². The standard InChI is InChI=1S/C15H17Cl2NO/c1-9-7-13(11(3)19-9)10(2)18-8-12-5-4-6-14(16)15(12)17/h4-7,10,18H,8H2,1-3H3. The quantitative estimate of drug-likeness (QED) is 0.854. The van der Waals surface area contributed by atoms with Crippen molar-refractivity contribution in [2.45, 2.75) is 33.4 Å². The minimum Gasteiger partial charge on any atom is -0.466 e. The van der Waals surface area contributed by atoms with Gasteiger partial charge in [-0.05, 0) is 38.5 Å². The Bertz CT molecular complexity index is 578. The molecule has 0 amide bonds. The van der Waals surface area contributed by atoms with Crippen molar-refractivity contribution in [1.82, 2.24) is 5.32 Å². The lowest BCUT2D eigenvalue weighted by Gasteiger charge is -2.14. The summed E-state index contributed by atoms with van der Waals surface area (Å²) in [5.41, 5.74) is 2.18. The lowest BCUT2D eigenvalue weighted by atomic mass is 10.1. The molecule has 1 N–H and O–H groups in total. The third kappa shape index (κ3) is 3.33. The summed E-state index contributed by atoms with van der Waals surface area (Å²) in [5.74, 6) is 1.89. The Kier molecular flexibility index (Phi) is 4.56. The van der Waals surface area contributed by atoms with Crippen molar-refractivity contribution in [3.63, 3.8) is 0 Å². The number of halogens is 2. The van der Waals surface area contributed by atoms with Crippen LogP contribution in [0.25, 0.3) is 0 Å². The summed E-state index contributed by atoms with van der Waals surface area (Å²) in [6, 6.07) is 7.94. The maximum Gasteiger partial charge on any atom is 0.105 e. The van der Waals surface area contributed by atoms with Crippen LogP contribution in [0.3, 0.4) is 0 Å². The van der Waals surface area contributed by atoms with Gasteiger partial charge in [0, 0.05) is 18.2 Å². The van der Waals surface area contributed by atoms with Gasteiger partial charge in [-0.3, -0.25) is 0 Å². The largest absolute Gasteiger partial charge is 0.466 e. The zero-order valence-corrected chi connectivity index (χ0v) is 12.8. The molecule has 0 aliphatic rings. The molecule has 0 aliphatic heterocycles. The van der Waals surface area contributed by atoms with E-state index in [0.29, 0.717) is 16.6 Å². The van der Waals surface area contributed by atoms with Crippen molar-refractivity contribution in [2.24, 2.45) is 0 Å². The molecule has 0 saturated heterocycles. The van der Waals surface area contributed by atoms with Crippen LogP contribution in [0.15, 0.2) is 28.7 Å². The number of rotatable bonds is 4. The second kappa shape index (κ2) is 6.00. The molecular formula is C15H17Cl2NO. The van der Waals surface area contributed by atoms with Crippen molar-refractivity contribution >= 4 is 23.2 Å². The van der Waals surface area contributed by atoms with Crippen LogP contribution < -0.4 is 5.32 Å². The molecule has 0 fully saturated rings. The second-order valence-electron chi connectivity index (χ2n) is 4.68. The summed E-state index contributed by atoms with van der Waals surface area (Å²) >= 11 is 12.2. The van der Waals surface area contributed by atoms with Crippen LogP contribution in [0.5, 0.6) is 0 Å². The van der Waals surface area contributed by atoms with Crippen molar-refractivity contribution in [2.75, 3.05) is 0 Å². The van der Waals surface area contributed by atoms with E-state index < -0.39 is 0 Å². The van der Waals surface area contributed by atoms with Crippen LogP contribution in [0.2, 0.25) is 10.0 Å². The van der Waals surface area contributed by atoms with Crippen LogP contribution >= 0.6 is 23.2 Å². The van der Waals surface area contributed by atoms with Gasteiger partial charge >= 0.3 is 0 Å². The Morgan fingerprint density at radius 1 is 1.26 bits per heavy atom. The maximum atomic E-state index is 6.17. The molecule has 1 aromatic carbocycles. The average molecular weight is 298 g/mol. The van der Waals surface area contributed by atoms with Gasteiger partial charge in [0.25, 0.3) is 0 Å². The van der Waals surface area contributed by atoms with E-state index in [9.17, 15) is 0 Å². The fourth-order valence-corrected chi connectivity index (χ4v) is 2.53. The van der Waals surface area contributed by atoms with Gasteiger partial charge in [-0.15, -0.1) is 0 Å². The minimum absolute atomic E-state index is 0.201. The van der Waals surface area contributed by atoms with Gasteiger partial charge in [0.15, 0.2) is 0 Å². The maximum absolute atomic E-state index is 6.17. The van der Waals surface area contributed by atoms with Crippen LogP contribution in [-0.2, 0) is 6.54 Å². The van der Waals surface area contributed by atoms with Crippen molar-refractivity contribution in [1.29, 1.82) is 0 Å². The molecule has 4 heteroatoms. The van der Waals surface area contributed by atoms with E-state index in [-0.39, 0.29) is 6.04 Å². The number of furan rings is 1. The van der Waals surface area contributed by atoms with E-state index in [1.807, 2.05) is 26.0 Å². The van der Waals surface area contributed by atoms with E-state index in [2.05, 4.69) is 18.3 Å². The van der Waals surface area contributed by atoms with E-state index >= 15 is 0 Å². The topological polar surface area (TPSA) is 25.2 Å².